The van der Waals surface area contributed by atoms with E-state index in [9.17, 15) is 8.42 Å². The van der Waals surface area contributed by atoms with E-state index in [-0.39, 0.29) is 4.90 Å². The molecule has 0 fully saturated rings. The van der Waals surface area contributed by atoms with Crippen molar-refractivity contribution in [1.82, 2.24) is 4.98 Å². The molecule has 0 aliphatic rings. The zero-order valence-corrected chi connectivity index (χ0v) is 10.4. The largest absolute Gasteiger partial charge is 0.262 e. The van der Waals surface area contributed by atoms with Crippen molar-refractivity contribution < 1.29 is 8.42 Å². The summed E-state index contributed by atoms with van der Waals surface area (Å²) >= 11 is 0. The molecule has 0 aliphatic heterocycles. The van der Waals surface area contributed by atoms with Gasteiger partial charge < -0.3 is 0 Å². The summed E-state index contributed by atoms with van der Waals surface area (Å²) in [5, 5.41) is 1.44. The highest BCUT2D eigenvalue weighted by Gasteiger charge is 2.17. The van der Waals surface area contributed by atoms with Gasteiger partial charge in [0.2, 0.25) is 0 Å². The van der Waals surface area contributed by atoms with Crippen LogP contribution in [0.3, 0.4) is 0 Å². The monoisotopic (exact) mass is 255 g/mol. The van der Waals surface area contributed by atoms with Gasteiger partial charge in [0.1, 0.15) is 0 Å². The Bertz CT molecular complexity index is 665. The molecule has 0 atom stereocenters. The van der Waals surface area contributed by atoms with Gasteiger partial charge in [-0.15, -0.1) is 0 Å². The minimum atomic E-state index is -3.73. The molecule has 0 saturated carbocycles. The molecular weight excluding hydrogens is 246 g/mol. The van der Waals surface area contributed by atoms with Crippen LogP contribution in [0.15, 0.2) is 29.3 Å². The summed E-state index contributed by atoms with van der Waals surface area (Å²) in [6, 6.07) is 5.27. The molecule has 0 bridgehead atoms. The van der Waals surface area contributed by atoms with Gasteiger partial charge in [-0.2, -0.15) is 0 Å². The summed E-state index contributed by atoms with van der Waals surface area (Å²) in [6.07, 6.45) is 1.59. The van der Waals surface area contributed by atoms with Crippen LogP contribution in [0, 0.1) is 13.8 Å². The standard InChI is InChI=1S/C11H10ClNO2S/c1-7-3-4-9-8(2)13-6-5-10(9)11(7)16(12,14)15/h3-6H,1-2H3. The summed E-state index contributed by atoms with van der Waals surface area (Å²) in [7, 11) is 1.71. The third kappa shape index (κ3) is 1.79. The number of hydrogen-bond donors (Lipinski definition) is 0. The second-order valence-corrected chi connectivity index (χ2v) is 6.14. The van der Waals surface area contributed by atoms with E-state index in [0.717, 1.165) is 11.1 Å². The quantitative estimate of drug-likeness (QED) is 0.736. The van der Waals surface area contributed by atoms with Crippen LogP contribution < -0.4 is 0 Å². The third-order valence-electron chi connectivity index (χ3n) is 2.54. The van der Waals surface area contributed by atoms with Gasteiger partial charge in [0.05, 0.1) is 4.90 Å². The van der Waals surface area contributed by atoms with Crippen molar-refractivity contribution in [3.63, 3.8) is 0 Å². The van der Waals surface area contributed by atoms with Gasteiger partial charge >= 0.3 is 0 Å². The van der Waals surface area contributed by atoms with E-state index in [2.05, 4.69) is 4.98 Å². The maximum absolute atomic E-state index is 11.5. The molecule has 2 rings (SSSR count). The van der Waals surface area contributed by atoms with E-state index in [4.69, 9.17) is 10.7 Å². The van der Waals surface area contributed by atoms with Gasteiger partial charge in [-0.05, 0) is 25.5 Å². The molecule has 84 valence electrons. The Balaban J connectivity index is 3.03. The van der Waals surface area contributed by atoms with Gasteiger partial charge in [-0.3, -0.25) is 4.98 Å². The molecule has 3 nitrogen and oxygen atoms in total. The van der Waals surface area contributed by atoms with Gasteiger partial charge in [0.15, 0.2) is 0 Å². The van der Waals surface area contributed by atoms with E-state index in [0.29, 0.717) is 10.9 Å². The number of benzene rings is 1. The van der Waals surface area contributed by atoms with E-state index in [1.165, 1.54) is 0 Å². The fourth-order valence-corrected chi connectivity index (χ4v) is 3.31. The van der Waals surface area contributed by atoms with Gasteiger partial charge in [-0.25, -0.2) is 8.42 Å². The topological polar surface area (TPSA) is 47.0 Å². The van der Waals surface area contributed by atoms with Crippen molar-refractivity contribution in [1.29, 1.82) is 0 Å². The zero-order chi connectivity index (χ0) is 11.9. The number of hydrogen-bond acceptors (Lipinski definition) is 3. The Labute approximate surface area is 98.5 Å². The first kappa shape index (κ1) is 11.4. The molecule has 0 unspecified atom stereocenters. The third-order valence-corrected chi connectivity index (χ3v) is 4.03. The fraction of sp³-hybridized carbons (Fsp3) is 0.182. The summed E-state index contributed by atoms with van der Waals surface area (Å²) < 4.78 is 23.0. The first-order chi connectivity index (χ1) is 7.41. The van der Waals surface area contributed by atoms with E-state index in [1.54, 1.807) is 25.3 Å². The predicted molar refractivity (Wildman–Crippen MR) is 64.3 cm³/mol. The van der Waals surface area contributed by atoms with Gasteiger partial charge in [0.25, 0.3) is 9.05 Å². The van der Waals surface area contributed by atoms with Gasteiger partial charge in [-0.1, -0.05) is 12.1 Å². The molecule has 5 heteroatoms. The van der Waals surface area contributed by atoms with Crippen LogP contribution in [0.4, 0.5) is 0 Å². The second-order valence-electron chi connectivity index (χ2n) is 3.64. The molecule has 0 aliphatic carbocycles. The molecule has 0 N–H and O–H groups in total. The van der Waals surface area contributed by atoms with Crippen LogP contribution in [0.25, 0.3) is 10.8 Å². The van der Waals surface area contributed by atoms with Gasteiger partial charge in [0, 0.05) is 33.3 Å². The van der Waals surface area contributed by atoms with Crippen LogP contribution >= 0.6 is 10.7 Å². The van der Waals surface area contributed by atoms with Crippen molar-refractivity contribution in [2.24, 2.45) is 0 Å². The molecule has 1 heterocycles. The molecule has 0 radical (unpaired) electrons. The molecule has 2 aromatic rings. The van der Waals surface area contributed by atoms with E-state index >= 15 is 0 Å². The lowest BCUT2D eigenvalue weighted by Crippen LogP contribution is -1.97. The lowest BCUT2D eigenvalue weighted by molar-refractivity contribution is 0.610. The summed E-state index contributed by atoms with van der Waals surface area (Å²) in [5.41, 5.74) is 1.44. The highest BCUT2D eigenvalue weighted by atomic mass is 35.7. The van der Waals surface area contributed by atoms with Crippen molar-refractivity contribution in [3.05, 3.63) is 35.7 Å². The SMILES string of the molecule is Cc1ccc2c(C)nccc2c1S(=O)(=O)Cl. The lowest BCUT2D eigenvalue weighted by Gasteiger charge is -2.08. The molecule has 16 heavy (non-hydrogen) atoms. The zero-order valence-electron chi connectivity index (χ0n) is 8.86. The molecule has 1 aromatic carbocycles. The highest BCUT2D eigenvalue weighted by Crippen LogP contribution is 2.29. The molecule has 0 spiro atoms. The van der Waals surface area contributed by atoms with Crippen LogP contribution in [-0.2, 0) is 9.05 Å². The van der Waals surface area contributed by atoms with E-state index in [1.807, 2.05) is 13.0 Å². The van der Waals surface area contributed by atoms with Crippen molar-refractivity contribution >= 4 is 30.5 Å². The van der Waals surface area contributed by atoms with Crippen molar-refractivity contribution in [3.8, 4) is 0 Å². The molecule has 0 amide bonds. The smallest absolute Gasteiger partial charge is 0.261 e. The molecule has 0 saturated heterocycles. The Hall–Kier alpha value is -1.13. The normalized spacial score (nSPS) is 11.9. The maximum atomic E-state index is 11.5. The average molecular weight is 256 g/mol. The minimum Gasteiger partial charge on any atom is -0.261 e. The Morgan fingerprint density at radius 1 is 1.12 bits per heavy atom. The number of nitrogens with zero attached hydrogens (tertiary/aromatic N) is 1. The van der Waals surface area contributed by atoms with Crippen molar-refractivity contribution in [2.45, 2.75) is 18.7 Å². The second kappa shape index (κ2) is 3.71. The van der Waals surface area contributed by atoms with Crippen LogP contribution in [0.5, 0.6) is 0 Å². The first-order valence-corrected chi connectivity index (χ1v) is 7.02. The summed E-state index contributed by atoms with van der Waals surface area (Å²) in [5.74, 6) is 0. The average Bonchev–Trinajstić information content (AvgIpc) is 2.15. The number of fused-ring (bicyclic) bond motifs is 1. The number of halogens is 1. The number of aryl methyl sites for hydroxylation is 2. The molecule has 1 aromatic heterocycles. The maximum Gasteiger partial charge on any atom is 0.262 e. The number of pyridine rings is 1. The Kier molecular flexibility index (Phi) is 2.64. The van der Waals surface area contributed by atoms with Crippen LogP contribution in [0.2, 0.25) is 0 Å². The summed E-state index contributed by atoms with van der Waals surface area (Å²) in [4.78, 5) is 4.30. The first-order valence-electron chi connectivity index (χ1n) is 4.71. The number of aromatic nitrogens is 1. The Morgan fingerprint density at radius 2 is 1.81 bits per heavy atom. The number of rotatable bonds is 1. The highest BCUT2D eigenvalue weighted by molar-refractivity contribution is 8.14. The van der Waals surface area contributed by atoms with E-state index < -0.39 is 9.05 Å². The van der Waals surface area contributed by atoms with Crippen LogP contribution in [-0.4, -0.2) is 13.4 Å². The van der Waals surface area contributed by atoms with Crippen molar-refractivity contribution in [2.75, 3.05) is 0 Å². The lowest BCUT2D eigenvalue weighted by atomic mass is 10.1. The summed E-state index contributed by atoms with van der Waals surface area (Å²) in [6.45, 7) is 3.56. The van der Waals surface area contributed by atoms with Crippen LogP contribution in [0.1, 0.15) is 11.3 Å². The molecular formula is C11H10ClNO2S. The fourth-order valence-electron chi connectivity index (χ4n) is 1.81. The predicted octanol–water partition coefficient (Wildman–Crippen LogP) is 2.78. The minimum absolute atomic E-state index is 0.178. The Morgan fingerprint density at radius 3 is 2.44 bits per heavy atom.